The summed E-state index contributed by atoms with van der Waals surface area (Å²) in [6.07, 6.45) is 4.03. The van der Waals surface area contributed by atoms with Gasteiger partial charge in [0.25, 0.3) is 11.8 Å². The average Bonchev–Trinajstić information content (AvgIpc) is 3.18. The van der Waals surface area contributed by atoms with E-state index in [1.807, 2.05) is 24.3 Å². The molecule has 0 saturated carbocycles. The lowest BCUT2D eigenvalue weighted by atomic mass is 9.94. The minimum Gasteiger partial charge on any atom is -0.497 e. The van der Waals surface area contributed by atoms with Crippen LogP contribution < -0.4 is 20.7 Å². The van der Waals surface area contributed by atoms with Crippen LogP contribution in [0, 0.1) is 0 Å². The molecule has 6 nitrogen and oxygen atoms in total. The van der Waals surface area contributed by atoms with Gasteiger partial charge in [-0.2, -0.15) is 0 Å². The van der Waals surface area contributed by atoms with E-state index < -0.39 is 0 Å². The van der Waals surface area contributed by atoms with Crippen LogP contribution in [-0.2, 0) is 12.8 Å². The van der Waals surface area contributed by atoms with Gasteiger partial charge < -0.3 is 20.7 Å². The fourth-order valence-electron chi connectivity index (χ4n) is 4.19. The van der Waals surface area contributed by atoms with Crippen molar-refractivity contribution in [3.05, 3.63) is 75.7 Å². The molecule has 158 valence electrons. The number of carbonyl (C=O) groups excluding carboxylic acids is 2. The molecule has 31 heavy (non-hydrogen) atoms. The monoisotopic (exact) mass is 433 g/mol. The number of rotatable bonds is 4. The quantitative estimate of drug-likeness (QED) is 0.555. The molecule has 0 spiro atoms. The molecular weight excluding hydrogens is 410 g/mol. The van der Waals surface area contributed by atoms with E-state index in [9.17, 15) is 9.59 Å². The summed E-state index contributed by atoms with van der Waals surface area (Å²) in [6, 6.07) is 14.5. The van der Waals surface area contributed by atoms with Gasteiger partial charge >= 0.3 is 0 Å². The van der Waals surface area contributed by atoms with Gasteiger partial charge in [-0.3, -0.25) is 9.59 Å². The van der Waals surface area contributed by atoms with E-state index in [1.54, 1.807) is 42.7 Å². The van der Waals surface area contributed by atoms with E-state index in [2.05, 4.69) is 16.0 Å². The largest absolute Gasteiger partial charge is 0.497 e. The molecule has 1 aliphatic carbocycles. The number of carbonyl (C=O) groups is 2. The summed E-state index contributed by atoms with van der Waals surface area (Å²) < 4.78 is 5.14. The van der Waals surface area contributed by atoms with Gasteiger partial charge in [-0.1, -0.05) is 12.1 Å². The fraction of sp³-hybridized carbons (Fsp3) is 0.250. The Morgan fingerprint density at radius 2 is 1.90 bits per heavy atom. The number of fused-ring (bicyclic) bond motifs is 3. The van der Waals surface area contributed by atoms with Gasteiger partial charge in [0.1, 0.15) is 16.9 Å². The second kappa shape index (κ2) is 8.07. The van der Waals surface area contributed by atoms with Crippen LogP contribution in [0.2, 0.25) is 0 Å². The van der Waals surface area contributed by atoms with Crippen molar-refractivity contribution >= 4 is 33.8 Å². The SMILES string of the molecule is COc1ccc(C(=O)Nc2cccc(C3NC(=O)c4c(sc5c4CCCC5)N3)c2)cc1. The number of anilines is 2. The molecule has 1 atom stereocenters. The number of methoxy groups -OCH3 is 1. The normalized spacial score (nSPS) is 17.1. The molecule has 0 radical (unpaired) electrons. The third kappa shape index (κ3) is 3.77. The summed E-state index contributed by atoms with van der Waals surface area (Å²) in [7, 11) is 1.59. The first-order valence-electron chi connectivity index (χ1n) is 10.4. The van der Waals surface area contributed by atoms with Gasteiger partial charge in [0.2, 0.25) is 0 Å². The van der Waals surface area contributed by atoms with Crippen LogP contribution in [0.25, 0.3) is 0 Å². The Bertz CT molecular complexity index is 1150. The second-order valence-corrected chi connectivity index (χ2v) is 8.88. The van der Waals surface area contributed by atoms with E-state index in [0.717, 1.165) is 35.4 Å². The second-order valence-electron chi connectivity index (χ2n) is 7.77. The van der Waals surface area contributed by atoms with E-state index >= 15 is 0 Å². The minimum absolute atomic E-state index is 0.0224. The highest BCUT2D eigenvalue weighted by molar-refractivity contribution is 7.16. The molecule has 2 heterocycles. The van der Waals surface area contributed by atoms with Gasteiger partial charge in [-0.15, -0.1) is 11.3 Å². The zero-order chi connectivity index (χ0) is 21.4. The van der Waals surface area contributed by atoms with E-state index in [4.69, 9.17) is 4.74 Å². The van der Waals surface area contributed by atoms with Gasteiger partial charge in [0, 0.05) is 16.1 Å². The third-order valence-electron chi connectivity index (χ3n) is 5.78. The summed E-state index contributed by atoms with van der Waals surface area (Å²) in [5, 5.41) is 10.4. The highest BCUT2D eigenvalue weighted by Crippen LogP contribution is 2.41. The predicted octanol–water partition coefficient (Wildman–Crippen LogP) is 4.74. The number of hydrogen-bond acceptors (Lipinski definition) is 5. The van der Waals surface area contributed by atoms with Crippen LogP contribution in [0.1, 0.15) is 55.7 Å². The predicted molar refractivity (Wildman–Crippen MR) is 122 cm³/mol. The summed E-state index contributed by atoms with van der Waals surface area (Å²) in [5.74, 6) is 0.478. The average molecular weight is 434 g/mol. The number of benzene rings is 2. The maximum absolute atomic E-state index is 12.9. The Balaban J connectivity index is 1.35. The summed E-state index contributed by atoms with van der Waals surface area (Å²) in [6.45, 7) is 0. The van der Waals surface area contributed by atoms with Crippen molar-refractivity contribution in [1.82, 2.24) is 5.32 Å². The number of nitrogens with one attached hydrogen (secondary N) is 3. The molecule has 2 aliphatic rings. The van der Waals surface area contributed by atoms with Crippen LogP contribution >= 0.6 is 11.3 Å². The molecule has 1 unspecified atom stereocenters. The number of hydrogen-bond donors (Lipinski definition) is 3. The zero-order valence-electron chi connectivity index (χ0n) is 17.2. The third-order valence-corrected chi connectivity index (χ3v) is 7.00. The smallest absolute Gasteiger partial charge is 0.256 e. The van der Waals surface area contributed by atoms with Gasteiger partial charge in [0.15, 0.2) is 0 Å². The fourth-order valence-corrected chi connectivity index (χ4v) is 5.50. The summed E-state index contributed by atoms with van der Waals surface area (Å²) in [5.41, 5.74) is 4.14. The Kier molecular flexibility index (Phi) is 5.11. The van der Waals surface area contributed by atoms with Crippen LogP contribution in [0.4, 0.5) is 10.7 Å². The number of aryl methyl sites for hydroxylation is 1. The lowest BCUT2D eigenvalue weighted by Gasteiger charge is -2.27. The Labute approximate surface area is 184 Å². The molecule has 1 aliphatic heterocycles. The molecule has 3 aromatic rings. The number of amides is 2. The minimum atomic E-state index is -0.335. The van der Waals surface area contributed by atoms with Crippen LogP contribution in [0.5, 0.6) is 5.75 Å². The zero-order valence-corrected chi connectivity index (χ0v) is 18.0. The molecule has 0 saturated heterocycles. The molecule has 7 heteroatoms. The summed E-state index contributed by atoms with van der Waals surface area (Å²) in [4.78, 5) is 26.8. The lowest BCUT2D eigenvalue weighted by Crippen LogP contribution is -2.38. The highest BCUT2D eigenvalue weighted by atomic mass is 32.1. The standard InChI is InChI=1S/C24H23N3O3S/c1-30-17-11-9-14(10-12-17)22(28)25-16-6-4-5-15(13-16)21-26-23(29)20-18-7-2-3-8-19(18)31-24(20)27-21/h4-6,9-13,21,27H,2-3,7-8H2,1H3,(H,25,28)(H,26,29). The maximum atomic E-state index is 12.9. The molecule has 0 fully saturated rings. The first kappa shape index (κ1) is 19.6. The van der Waals surface area contributed by atoms with Crippen LogP contribution in [0.15, 0.2) is 48.5 Å². The summed E-state index contributed by atoms with van der Waals surface area (Å²) >= 11 is 1.70. The molecule has 1 aromatic heterocycles. The van der Waals surface area contributed by atoms with Gasteiger partial charge in [0.05, 0.1) is 12.7 Å². The number of thiophene rings is 1. The van der Waals surface area contributed by atoms with Crippen molar-refractivity contribution in [2.75, 3.05) is 17.7 Å². The Hall–Kier alpha value is -3.32. The maximum Gasteiger partial charge on any atom is 0.256 e. The number of ether oxygens (including phenoxy) is 1. The Morgan fingerprint density at radius 1 is 1.10 bits per heavy atom. The van der Waals surface area contributed by atoms with Crippen molar-refractivity contribution < 1.29 is 14.3 Å². The van der Waals surface area contributed by atoms with Crippen molar-refractivity contribution in [3.63, 3.8) is 0 Å². The van der Waals surface area contributed by atoms with Crippen molar-refractivity contribution in [1.29, 1.82) is 0 Å². The van der Waals surface area contributed by atoms with Gasteiger partial charge in [-0.25, -0.2) is 0 Å². The van der Waals surface area contributed by atoms with Crippen molar-refractivity contribution in [3.8, 4) is 5.75 Å². The van der Waals surface area contributed by atoms with Crippen LogP contribution in [0.3, 0.4) is 0 Å². The highest BCUT2D eigenvalue weighted by Gasteiger charge is 2.32. The first-order chi connectivity index (χ1) is 15.1. The topological polar surface area (TPSA) is 79.5 Å². The molecule has 3 N–H and O–H groups in total. The first-order valence-corrected chi connectivity index (χ1v) is 11.2. The lowest BCUT2D eigenvalue weighted by molar-refractivity contribution is 0.0934. The van der Waals surface area contributed by atoms with Crippen molar-refractivity contribution in [2.45, 2.75) is 31.8 Å². The van der Waals surface area contributed by atoms with E-state index in [-0.39, 0.29) is 18.0 Å². The molecule has 0 bridgehead atoms. The Morgan fingerprint density at radius 3 is 2.71 bits per heavy atom. The molecular formula is C24H23N3O3S. The van der Waals surface area contributed by atoms with Gasteiger partial charge in [-0.05, 0) is 73.2 Å². The van der Waals surface area contributed by atoms with Crippen LogP contribution in [-0.4, -0.2) is 18.9 Å². The molecule has 2 amide bonds. The molecule has 5 rings (SSSR count). The van der Waals surface area contributed by atoms with Crippen molar-refractivity contribution in [2.24, 2.45) is 0 Å². The molecule has 2 aromatic carbocycles. The van der Waals surface area contributed by atoms with E-state index in [1.165, 1.54) is 16.9 Å². The van der Waals surface area contributed by atoms with E-state index in [0.29, 0.717) is 17.0 Å².